The van der Waals surface area contributed by atoms with Crippen molar-refractivity contribution < 1.29 is 16.5 Å². The van der Waals surface area contributed by atoms with Gasteiger partial charge in [-0.15, -0.1) is 0 Å². The van der Waals surface area contributed by atoms with Crippen molar-refractivity contribution in [3.63, 3.8) is 0 Å². The van der Waals surface area contributed by atoms with E-state index in [1.807, 2.05) is 0 Å². The summed E-state index contributed by atoms with van der Waals surface area (Å²) in [4.78, 5) is 0. The molecule has 0 nitrogen and oxygen atoms in total. The molecule has 0 aromatic heterocycles. The number of hydrogen-bond acceptors (Lipinski definition) is 0. The first-order valence-corrected chi connectivity index (χ1v) is 9.90. The van der Waals surface area contributed by atoms with Gasteiger partial charge in [0.05, 0.1) is 0 Å². The van der Waals surface area contributed by atoms with Gasteiger partial charge >= 0.3 is 0 Å². The van der Waals surface area contributed by atoms with Crippen LogP contribution in [-0.4, -0.2) is 0 Å². The summed E-state index contributed by atoms with van der Waals surface area (Å²) in [6.07, 6.45) is 42.0. The average molecular weight is 383 g/mol. The first kappa shape index (κ1) is 23.9. The SMILES string of the molecule is C1=CCCC=CCCC=CCC1.C1=CCCC=CCCC=CCC1.[Ni]. The van der Waals surface area contributed by atoms with Crippen LogP contribution in [0.3, 0.4) is 0 Å². The third-order valence-electron chi connectivity index (χ3n) is 4.00. The van der Waals surface area contributed by atoms with Crippen LogP contribution >= 0.6 is 0 Å². The Morgan fingerprint density at radius 1 is 0.200 bits per heavy atom. The van der Waals surface area contributed by atoms with E-state index >= 15 is 0 Å². The summed E-state index contributed by atoms with van der Waals surface area (Å²) < 4.78 is 0. The van der Waals surface area contributed by atoms with Gasteiger partial charge in [0.2, 0.25) is 0 Å². The van der Waals surface area contributed by atoms with Crippen molar-refractivity contribution in [2.45, 2.75) is 77.0 Å². The van der Waals surface area contributed by atoms with Crippen molar-refractivity contribution in [3.8, 4) is 0 Å². The van der Waals surface area contributed by atoms with Crippen LogP contribution in [0.25, 0.3) is 0 Å². The molecule has 2 aliphatic carbocycles. The molecule has 2 rings (SSSR count). The van der Waals surface area contributed by atoms with Crippen molar-refractivity contribution in [1.29, 1.82) is 0 Å². The minimum Gasteiger partial charge on any atom is -0.0882 e. The van der Waals surface area contributed by atoms with Crippen LogP contribution in [0.2, 0.25) is 0 Å². The standard InChI is InChI=1S/2C12H18.Ni/c2*1-2-4-6-8-10-12-11-9-7-5-3-1;/h2*1-2,7-10H,3-6,11-12H2;. The minimum atomic E-state index is 0. The molecule has 0 aromatic rings. The second-order valence-electron chi connectivity index (χ2n) is 6.29. The zero-order valence-electron chi connectivity index (χ0n) is 15.7. The Morgan fingerprint density at radius 2 is 0.280 bits per heavy atom. The predicted molar refractivity (Wildman–Crippen MR) is 110 cm³/mol. The van der Waals surface area contributed by atoms with Crippen molar-refractivity contribution in [3.05, 3.63) is 72.9 Å². The number of rotatable bonds is 0. The Kier molecular flexibility index (Phi) is 20.1. The van der Waals surface area contributed by atoms with Gasteiger partial charge in [-0.3, -0.25) is 0 Å². The van der Waals surface area contributed by atoms with Gasteiger partial charge in [-0.05, 0) is 77.0 Å². The monoisotopic (exact) mass is 382 g/mol. The summed E-state index contributed by atoms with van der Waals surface area (Å²) in [5, 5.41) is 0. The van der Waals surface area contributed by atoms with Gasteiger partial charge in [0.25, 0.3) is 0 Å². The van der Waals surface area contributed by atoms with Gasteiger partial charge < -0.3 is 0 Å². The molecule has 0 fully saturated rings. The van der Waals surface area contributed by atoms with E-state index in [-0.39, 0.29) is 16.5 Å². The van der Waals surface area contributed by atoms with Crippen LogP contribution in [-0.2, 0) is 16.5 Å². The van der Waals surface area contributed by atoms with E-state index in [0.717, 1.165) is 0 Å². The zero-order chi connectivity index (χ0) is 17.0. The molecule has 0 aliphatic heterocycles. The Hall–Kier alpha value is -1.07. The van der Waals surface area contributed by atoms with E-state index < -0.39 is 0 Å². The molecule has 142 valence electrons. The first-order valence-electron chi connectivity index (χ1n) is 9.90. The van der Waals surface area contributed by atoms with Crippen molar-refractivity contribution in [2.24, 2.45) is 0 Å². The second kappa shape index (κ2) is 21.0. The third-order valence-corrected chi connectivity index (χ3v) is 4.00. The molecule has 1 heteroatoms. The topological polar surface area (TPSA) is 0 Å². The summed E-state index contributed by atoms with van der Waals surface area (Å²) in [5.41, 5.74) is 0. The van der Waals surface area contributed by atoms with Crippen LogP contribution in [0.5, 0.6) is 0 Å². The third kappa shape index (κ3) is 19.1. The molecule has 0 unspecified atom stereocenters. The summed E-state index contributed by atoms with van der Waals surface area (Å²) in [6.45, 7) is 0. The van der Waals surface area contributed by atoms with Gasteiger partial charge in [0.1, 0.15) is 0 Å². The molecule has 0 N–H and O–H groups in total. The Labute approximate surface area is 166 Å². The Morgan fingerprint density at radius 3 is 0.360 bits per heavy atom. The molecule has 0 saturated carbocycles. The van der Waals surface area contributed by atoms with E-state index in [9.17, 15) is 0 Å². The van der Waals surface area contributed by atoms with Crippen LogP contribution in [0, 0.1) is 0 Å². The number of allylic oxidation sites excluding steroid dienone is 12. The molecule has 2 aliphatic rings. The number of hydrogen-bond donors (Lipinski definition) is 0. The maximum Gasteiger partial charge on any atom is 0 e. The Bertz CT molecular complexity index is 290. The molecule has 25 heavy (non-hydrogen) atoms. The molecule has 0 saturated heterocycles. The summed E-state index contributed by atoms with van der Waals surface area (Å²) in [7, 11) is 0. The van der Waals surface area contributed by atoms with Gasteiger partial charge in [-0.25, -0.2) is 0 Å². The summed E-state index contributed by atoms with van der Waals surface area (Å²) in [6, 6.07) is 0. The maximum absolute atomic E-state index is 2.29. The molecule has 0 spiro atoms. The normalized spacial score (nSPS) is 19.2. The van der Waals surface area contributed by atoms with Crippen LogP contribution < -0.4 is 0 Å². The fourth-order valence-electron chi connectivity index (χ4n) is 2.57. The quantitative estimate of drug-likeness (QED) is 0.294. The summed E-state index contributed by atoms with van der Waals surface area (Å²) >= 11 is 0. The van der Waals surface area contributed by atoms with Crippen molar-refractivity contribution >= 4 is 0 Å². The molecule has 0 aromatic carbocycles. The van der Waals surface area contributed by atoms with Gasteiger partial charge in [-0.2, -0.15) is 0 Å². The van der Waals surface area contributed by atoms with E-state index in [1.54, 1.807) is 0 Å². The molecule has 0 heterocycles. The van der Waals surface area contributed by atoms with Crippen LogP contribution in [0.15, 0.2) is 72.9 Å². The van der Waals surface area contributed by atoms with Gasteiger partial charge in [0.15, 0.2) is 0 Å². The fraction of sp³-hybridized carbons (Fsp3) is 0.500. The maximum atomic E-state index is 2.29. The smallest absolute Gasteiger partial charge is 0 e. The van der Waals surface area contributed by atoms with E-state index in [1.165, 1.54) is 77.0 Å². The molecular formula is C24H36Ni. The van der Waals surface area contributed by atoms with Gasteiger partial charge in [0, 0.05) is 16.5 Å². The van der Waals surface area contributed by atoms with Crippen LogP contribution in [0.4, 0.5) is 0 Å². The van der Waals surface area contributed by atoms with Crippen molar-refractivity contribution in [1.82, 2.24) is 0 Å². The largest absolute Gasteiger partial charge is 0.0882 e. The molecule has 0 bridgehead atoms. The van der Waals surface area contributed by atoms with E-state index in [0.29, 0.717) is 0 Å². The zero-order valence-corrected chi connectivity index (χ0v) is 16.7. The van der Waals surface area contributed by atoms with Crippen LogP contribution in [0.1, 0.15) is 77.0 Å². The molecule has 0 atom stereocenters. The molecule has 0 amide bonds. The second-order valence-corrected chi connectivity index (χ2v) is 6.29. The minimum absolute atomic E-state index is 0. The molecular weight excluding hydrogens is 347 g/mol. The van der Waals surface area contributed by atoms with Gasteiger partial charge in [-0.1, -0.05) is 72.9 Å². The summed E-state index contributed by atoms with van der Waals surface area (Å²) in [5.74, 6) is 0. The predicted octanol–water partition coefficient (Wildman–Crippen LogP) is 8.02. The first-order chi connectivity index (χ1) is 12.0. The average Bonchev–Trinajstić information content (AvgIpc) is 2.56. The fourth-order valence-corrected chi connectivity index (χ4v) is 2.57. The van der Waals surface area contributed by atoms with E-state index in [2.05, 4.69) is 72.9 Å². The van der Waals surface area contributed by atoms with Crippen molar-refractivity contribution in [2.75, 3.05) is 0 Å². The Balaban J connectivity index is 0.000000443. The molecule has 0 radical (unpaired) electrons. The van der Waals surface area contributed by atoms with E-state index in [4.69, 9.17) is 0 Å².